The van der Waals surface area contributed by atoms with Gasteiger partial charge in [0.15, 0.2) is 0 Å². The zero-order chi connectivity index (χ0) is 20.3. The smallest absolute Gasteiger partial charge is 0.257 e. The molecule has 6 heteroatoms. The molecule has 0 radical (unpaired) electrons. The molecule has 0 saturated heterocycles. The number of ether oxygens (including phenoxy) is 2. The van der Waals surface area contributed by atoms with E-state index in [1.165, 1.54) is 0 Å². The van der Waals surface area contributed by atoms with Gasteiger partial charge in [-0.15, -0.1) is 0 Å². The van der Waals surface area contributed by atoms with Crippen LogP contribution in [0, 0.1) is 0 Å². The number of hydrogen-bond acceptors (Lipinski definition) is 5. The maximum atomic E-state index is 12.4. The average Bonchev–Trinajstić information content (AvgIpc) is 2.77. The van der Waals surface area contributed by atoms with Crippen LogP contribution in [0.25, 0.3) is 0 Å². The Balaban J connectivity index is 1.48. The van der Waals surface area contributed by atoms with Gasteiger partial charge in [-0.25, -0.2) is 4.98 Å². The van der Waals surface area contributed by atoms with Gasteiger partial charge in [0.1, 0.15) is 18.2 Å². The molecule has 0 saturated carbocycles. The Hall–Kier alpha value is -3.38. The predicted molar refractivity (Wildman–Crippen MR) is 114 cm³/mol. The number of nitrogens with zero attached hydrogens (tertiary/aromatic N) is 1. The highest BCUT2D eigenvalue weighted by Crippen LogP contribution is 2.18. The normalized spacial score (nSPS) is 10.4. The molecular formula is C23H25N3O3. The first-order chi connectivity index (χ1) is 14.2. The Morgan fingerprint density at radius 2 is 1.79 bits per heavy atom. The van der Waals surface area contributed by atoms with E-state index in [9.17, 15) is 4.79 Å². The highest BCUT2D eigenvalue weighted by Gasteiger charge is 2.07. The first kappa shape index (κ1) is 20.4. The molecule has 1 amide bonds. The fourth-order valence-electron chi connectivity index (χ4n) is 2.64. The van der Waals surface area contributed by atoms with E-state index >= 15 is 0 Å². The third kappa shape index (κ3) is 6.62. The van der Waals surface area contributed by atoms with Gasteiger partial charge in [0, 0.05) is 32.1 Å². The Bertz CT molecular complexity index is 882. The number of anilines is 2. The molecule has 1 aromatic heterocycles. The molecule has 0 bridgehead atoms. The van der Waals surface area contributed by atoms with Crippen molar-refractivity contribution in [3.05, 3.63) is 84.1 Å². The minimum Gasteiger partial charge on any atom is -0.489 e. The van der Waals surface area contributed by atoms with Crippen molar-refractivity contribution < 1.29 is 14.3 Å². The SMILES string of the molecule is COCCCNc1ccc(C(=O)Nc2ccc(OCc3ccccc3)cc2)cn1. The molecule has 0 spiro atoms. The van der Waals surface area contributed by atoms with E-state index in [0.717, 1.165) is 30.1 Å². The molecule has 2 aromatic carbocycles. The number of nitrogens with one attached hydrogen (secondary N) is 2. The number of rotatable bonds is 10. The second kappa shape index (κ2) is 10.8. The van der Waals surface area contributed by atoms with Crippen LogP contribution in [-0.4, -0.2) is 31.2 Å². The van der Waals surface area contributed by atoms with Crippen LogP contribution in [-0.2, 0) is 11.3 Å². The van der Waals surface area contributed by atoms with E-state index in [1.807, 2.05) is 54.6 Å². The van der Waals surface area contributed by atoms with Crippen LogP contribution in [0.15, 0.2) is 72.9 Å². The van der Waals surface area contributed by atoms with Gasteiger partial charge in [-0.2, -0.15) is 0 Å². The van der Waals surface area contributed by atoms with Crippen LogP contribution in [0.2, 0.25) is 0 Å². The van der Waals surface area contributed by atoms with Crippen LogP contribution in [0.5, 0.6) is 5.75 Å². The summed E-state index contributed by atoms with van der Waals surface area (Å²) in [5, 5.41) is 6.06. The summed E-state index contributed by atoms with van der Waals surface area (Å²) in [6.45, 7) is 1.97. The van der Waals surface area contributed by atoms with Gasteiger partial charge >= 0.3 is 0 Å². The first-order valence-corrected chi connectivity index (χ1v) is 9.51. The van der Waals surface area contributed by atoms with Crippen LogP contribution in [0.1, 0.15) is 22.3 Å². The number of hydrogen-bond donors (Lipinski definition) is 2. The number of benzene rings is 2. The largest absolute Gasteiger partial charge is 0.489 e. The molecule has 0 atom stereocenters. The van der Waals surface area contributed by atoms with Gasteiger partial charge in [0.05, 0.1) is 5.56 Å². The Morgan fingerprint density at radius 1 is 1.00 bits per heavy atom. The highest BCUT2D eigenvalue weighted by atomic mass is 16.5. The van der Waals surface area contributed by atoms with Crippen molar-refractivity contribution >= 4 is 17.4 Å². The summed E-state index contributed by atoms with van der Waals surface area (Å²) in [7, 11) is 1.68. The lowest BCUT2D eigenvalue weighted by molar-refractivity contribution is 0.102. The standard InChI is InChI=1S/C23H25N3O3/c1-28-15-5-14-24-22-13-8-19(16-25-22)23(27)26-20-9-11-21(12-10-20)29-17-18-6-3-2-4-7-18/h2-4,6-13,16H,5,14-15,17H2,1H3,(H,24,25)(H,26,27). The Morgan fingerprint density at radius 3 is 2.48 bits per heavy atom. The summed E-state index contributed by atoms with van der Waals surface area (Å²) in [6.07, 6.45) is 2.46. The van der Waals surface area contributed by atoms with Crippen molar-refractivity contribution in [2.24, 2.45) is 0 Å². The average molecular weight is 391 g/mol. The predicted octanol–water partition coefficient (Wildman–Crippen LogP) is 4.36. The second-order valence-corrected chi connectivity index (χ2v) is 6.46. The molecule has 0 fully saturated rings. The van der Waals surface area contributed by atoms with Gasteiger partial charge in [-0.1, -0.05) is 30.3 Å². The maximum absolute atomic E-state index is 12.4. The third-order valence-corrected chi connectivity index (χ3v) is 4.22. The number of aromatic nitrogens is 1. The lowest BCUT2D eigenvalue weighted by Gasteiger charge is -2.09. The zero-order valence-electron chi connectivity index (χ0n) is 16.4. The molecule has 3 rings (SSSR count). The van der Waals surface area contributed by atoms with E-state index in [0.29, 0.717) is 24.5 Å². The minimum absolute atomic E-state index is 0.207. The van der Waals surface area contributed by atoms with Crippen LogP contribution in [0.3, 0.4) is 0 Å². The lowest BCUT2D eigenvalue weighted by atomic mass is 10.2. The van der Waals surface area contributed by atoms with Gasteiger partial charge in [-0.05, 0) is 48.4 Å². The molecule has 29 heavy (non-hydrogen) atoms. The molecule has 0 aliphatic rings. The summed E-state index contributed by atoms with van der Waals surface area (Å²) in [4.78, 5) is 16.7. The summed E-state index contributed by atoms with van der Waals surface area (Å²) in [6, 6.07) is 20.8. The van der Waals surface area contributed by atoms with Crippen molar-refractivity contribution in [3.8, 4) is 5.75 Å². The van der Waals surface area contributed by atoms with Crippen molar-refractivity contribution in [1.82, 2.24) is 4.98 Å². The topological polar surface area (TPSA) is 72.5 Å². The van der Waals surface area contributed by atoms with Crippen LogP contribution in [0.4, 0.5) is 11.5 Å². The Labute approximate surface area is 170 Å². The van der Waals surface area contributed by atoms with Crippen molar-refractivity contribution in [3.63, 3.8) is 0 Å². The van der Waals surface area contributed by atoms with E-state index in [4.69, 9.17) is 9.47 Å². The molecule has 2 N–H and O–H groups in total. The number of amides is 1. The van der Waals surface area contributed by atoms with E-state index < -0.39 is 0 Å². The van der Waals surface area contributed by atoms with Gasteiger partial charge in [0.25, 0.3) is 5.91 Å². The molecule has 150 valence electrons. The fourth-order valence-corrected chi connectivity index (χ4v) is 2.64. The molecule has 0 aliphatic carbocycles. The molecule has 6 nitrogen and oxygen atoms in total. The van der Waals surface area contributed by atoms with Crippen molar-refractivity contribution in [2.45, 2.75) is 13.0 Å². The summed E-state index contributed by atoms with van der Waals surface area (Å²) in [5.41, 5.74) is 2.30. The Kier molecular flexibility index (Phi) is 7.60. The zero-order valence-corrected chi connectivity index (χ0v) is 16.4. The van der Waals surface area contributed by atoms with Crippen LogP contribution < -0.4 is 15.4 Å². The number of methoxy groups -OCH3 is 1. The van der Waals surface area contributed by atoms with E-state index in [1.54, 1.807) is 25.4 Å². The molecule has 0 aliphatic heterocycles. The number of carbonyl (C=O) groups is 1. The number of pyridine rings is 1. The first-order valence-electron chi connectivity index (χ1n) is 9.51. The van der Waals surface area contributed by atoms with E-state index in [2.05, 4.69) is 15.6 Å². The lowest BCUT2D eigenvalue weighted by Crippen LogP contribution is -2.13. The summed E-state index contributed by atoms with van der Waals surface area (Å²) in [5.74, 6) is 1.27. The summed E-state index contributed by atoms with van der Waals surface area (Å²) >= 11 is 0. The molecule has 3 aromatic rings. The fraction of sp³-hybridized carbons (Fsp3) is 0.217. The highest BCUT2D eigenvalue weighted by molar-refractivity contribution is 6.04. The monoisotopic (exact) mass is 391 g/mol. The van der Waals surface area contributed by atoms with E-state index in [-0.39, 0.29) is 5.91 Å². The maximum Gasteiger partial charge on any atom is 0.257 e. The van der Waals surface area contributed by atoms with Gasteiger partial charge < -0.3 is 20.1 Å². The molecule has 1 heterocycles. The van der Waals surface area contributed by atoms with Gasteiger partial charge in [0.2, 0.25) is 0 Å². The summed E-state index contributed by atoms with van der Waals surface area (Å²) < 4.78 is 10.8. The third-order valence-electron chi connectivity index (χ3n) is 4.22. The minimum atomic E-state index is -0.207. The van der Waals surface area contributed by atoms with Crippen molar-refractivity contribution in [2.75, 3.05) is 30.9 Å². The molecular weight excluding hydrogens is 366 g/mol. The molecule has 0 unspecified atom stereocenters. The van der Waals surface area contributed by atoms with Crippen molar-refractivity contribution in [1.29, 1.82) is 0 Å². The van der Waals surface area contributed by atoms with Crippen LogP contribution >= 0.6 is 0 Å². The van der Waals surface area contributed by atoms with Gasteiger partial charge in [-0.3, -0.25) is 4.79 Å². The second-order valence-electron chi connectivity index (χ2n) is 6.46. The quantitative estimate of drug-likeness (QED) is 0.503. The number of carbonyl (C=O) groups excluding carboxylic acids is 1.